The maximum Gasteiger partial charge on any atom is 0.249 e. The Labute approximate surface area is 96.4 Å². The Bertz CT molecular complexity index is 270. The molecular weight excluding hydrogens is 204 g/mol. The van der Waals surface area contributed by atoms with Gasteiger partial charge in [0.25, 0.3) is 0 Å². The van der Waals surface area contributed by atoms with Gasteiger partial charge in [-0.2, -0.15) is 0 Å². The highest BCUT2D eigenvalue weighted by Crippen LogP contribution is 2.12. The van der Waals surface area contributed by atoms with Gasteiger partial charge < -0.3 is 15.4 Å². The van der Waals surface area contributed by atoms with Crippen LogP contribution in [-0.2, 0) is 9.53 Å². The Kier molecular flexibility index (Phi) is 4.36. The second-order valence-electron chi connectivity index (χ2n) is 4.36. The number of carbonyl (C=O) groups excluding carboxylic acids is 1. The van der Waals surface area contributed by atoms with Gasteiger partial charge in [0, 0.05) is 19.7 Å². The van der Waals surface area contributed by atoms with Crippen LogP contribution in [0.1, 0.15) is 25.7 Å². The minimum atomic E-state index is -0.193. The molecule has 2 rings (SSSR count). The van der Waals surface area contributed by atoms with E-state index in [1.807, 2.05) is 0 Å². The molecule has 0 aromatic carbocycles. The van der Waals surface area contributed by atoms with Crippen molar-refractivity contribution in [3.05, 3.63) is 11.6 Å². The monoisotopic (exact) mass is 224 g/mol. The first-order valence-electron chi connectivity index (χ1n) is 6.14. The molecule has 1 atom stereocenters. The molecule has 0 saturated carbocycles. The third kappa shape index (κ3) is 3.32. The van der Waals surface area contributed by atoms with Gasteiger partial charge in [-0.05, 0) is 32.2 Å². The molecule has 2 aliphatic heterocycles. The van der Waals surface area contributed by atoms with Crippen molar-refractivity contribution < 1.29 is 9.53 Å². The molecule has 4 nitrogen and oxygen atoms in total. The van der Waals surface area contributed by atoms with E-state index in [4.69, 9.17) is 4.74 Å². The maximum absolute atomic E-state index is 11.6. The van der Waals surface area contributed by atoms with Gasteiger partial charge in [-0.1, -0.05) is 11.6 Å². The summed E-state index contributed by atoms with van der Waals surface area (Å²) in [5.41, 5.74) is 1.45. The maximum atomic E-state index is 11.6. The van der Waals surface area contributed by atoms with Gasteiger partial charge in [0.1, 0.15) is 6.10 Å². The molecule has 1 unspecified atom stereocenters. The van der Waals surface area contributed by atoms with Crippen LogP contribution in [0, 0.1) is 0 Å². The lowest BCUT2D eigenvalue weighted by molar-refractivity contribution is -0.129. The third-order valence-electron chi connectivity index (χ3n) is 3.13. The SMILES string of the molecule is O=C(NCCC1=CCNCC1)C1CCCO1. The molecule has 1 amide bonds. The lowest BCUT2D eigenvalue weighted by atomic mass is 10.1. The topological polar surface area (TPSA) is 50.4 Å². The fraction of sp³-hybridized carbons (Fsp3) is 0.750. The summed E-state index contributed by atoms with van der Waals surface area (Å²) in [6, 6.07) is 0. The molecule has 2 heterocycles. The van der Waals surface area contributed by atoms with Gasteiger partial charge in [-0.25, -0.2) is 0 Å². The molecule has 2 aliphatic rings. The van der Waals surface area contributed by atoms with Crippen molar-refractivity contribution in [3.8, 4) is 0 Å². The van der Waals surface area contributed by atoms with Crippen molar-refractivity contribution in [2.24, 2.45) is 0 Å². The fourth-order valence-electron chi connectivity index (χ4n) is 2.14. The minimum absolute atomic E-state index is 0.0621. The van der Waals surface area contributed by atoms with Crippen LogP contribution in [0.2, 0.25) is 0 Å². The first-order chi connectivity index (χ1) is 7.86. The molecule has 0 radical (unpaired) electrons. The summed E-state index contributed by atoms with van der Waals surface area (Å²) in [5.74, 6) is 0.0621. The largest absolute Gasteiger partial charge is 0.368 e. The fourth-order valence-corrected chi connectivity index (χ4v) is 2.14. The Hall–Kier alpha value is -0.870. The zero-order valence-corrected chi connectivity index (χ0v) is 9.63. The van der Waals surface area contributed by atoms with Gasteiger partial charge in [-0.15, -0.1) is 0 Å². The van der Waals surface area contributed by atoms with E-state index in [-0.39, 0.29) is 12.0 Å². The van der Waals surface area contributed by atoms with E-state index in [1.54, 1.807) is 0 Å². The molecule has 0 aliphatic carbocycles. The predicted octanol–water partition coefficient (Wildman–Crippen LogP) is 0.591. The average Bonchev–Trinajstić information content (AvgIpc) is 2.84. The van der Waals surface area contributed by atoms with Crippen LogP contribution < -0.4 is 10.6 Å². The van der Waals surface area contributed by atoms with Gasteiger partial charge in [0.05, 0.1) is 0 Å². The van der Waals surface area contributed by atoms with Crippen molar-refractivity contribution in [3.63, 3.8) is 0 Å². The number of ether oxygens (including phenoxy) is 1. The van der Waals surface area contributed by atoms with Crippen molar-refractivity contribution in [1.29, 1.82) is 0 Å². The highest BCUT2D eigenvalue weighted by Gasteiger charge is 2.22. The second-order valence-corrected chi connectivity index (χ2v) is 4.36. The highest BCUT2D eigenvalue weighted by atomic mass is 16.5. The van der Waals surface area contributed by atoms with Gasteiger partial charge in [0.15, 0.2) is 0 Å². The molecule has 16 heavy (non-hydrogen) atoms. The van der Waals surface area contributed by atoms with Crippen molar-refractivity contribution in [2.45, 2.75) is 31.8 Å². The number of amides is 1. The zero-order chi connectivity index (χ0) is 11.2. The summed E-state index contributed by atoms with van der Waals surface area (Å²) in [5, 5.41) is 6.22. The molecular formula is C12H20N2O2. The molecule has 1 fully saturated rings. The zero-order valence-electron chi connectivity index (χ0n) is 9.63. The molecule has 90 valence electrons. The summed E-state index contributed by atoms with van der Waals surface area (Å²) in [7, 11) is 0. The summed E-state index contributed by atoms with van der Waals surface area (Å²) in [4.78, 5) is 11.6. The number of hydrogen-bond acceptors (Lipinski definition) is 3. The summed E-state index contributed by atoms with van der Waals surface area (Å²) in [6.45, 7) is 3.50. The van der Waals surface area contributed by atoms with E-state index < -0.39 is 0 Å². The predicted molar refractivity (Wildman–Crippen MR) is 62.2 cm³/mol. The van der Waals surface area contributed by atoms with E-state index in [0.717, 1.165) is 51.9 Å². The number of carbonyl (C=O) groups is 1. The second kappa shape index (κ2) is 6.01. The smallest absolute Gasteiger partial charge is 0.249 e. The molecule has 0 spiro atoms. The van der Waals surface area contributed by atoms with Crippen molar-refractivity contribution >= 4 is 5.91 Å². The first kappa shape index (κ1) is 11.6. The Morgan fingerprint density at radius 2 is 2.56 bits per heavy atom. The lowest BCUT2D eigenvalue weighted by Crippen LogP contribution is -2.35. The average molecular weight is 224 g/mol. The molecule has 0 aromatic rings. The summed E-state index contributed by atoms with van der Waals surface area (Å²) < 4.78 is 5.32. The van der Waals surface area contributed by atoms with Gasteiger partial charge >= 0.3 is 0 Å². The molecule has 0 aromatic heterocycles. The van der Waals surface area contributed by atoms with Crippen LogP contribution >= 0.6 is 0 Å². The molecule has 2 N–H and O–H groups in total. The van der Waals surface area contributed by atoms with Crippen LogP contribution in [0.4, 0.5) is 0 Å². The van der Waals surface area contributed by atoms with Crippen molar-refractivity contribution in [1.82, 2.24) is 10.6 Å². The van der Waals surface area contributed by atoms with E-state index in [1.165, 1.54) is 5.57 Å². The Balaban J connectivity index is 1.63. The van der Waals surface area contributed by atoms with Crippen LogP contribution in [0.5, 0.6) is 0 Å². The quantitative estimate of drug-likeness (QED) is 0.687. The van der Waals surface area contributed by atoms with E-state index >= 15 is 0 Å². The minimum Gasteiger partial charge on any atom is -0.368 e. The number of nitrogens with one attached hydrogen (secondary N) is 2. The third-order valence-corrected chi connectivity index (χ3v) is 3.13. The normalized spacial score (nSPS) is 25.2. The van der Waals surface area contributed by atoms with Crippen LogP contribution in [0.15, 0.2) is 11.6 Å². The highest BCUT2D eigenvalue weighted by molar-refractivity contribution is 5.80. The number of hydrogen-bond donors (Lipinski definition) is 2. The van der Waals surface area contributed by atoms with Crippen LogP contribution in [-0.4, -0.2) is 38.3 Å². The summed E-state index contributed by atoms with van der Waals surface area (Å²) in [6.07, 6.45) is 5.99. The van der Waals surface area contributed by atoms with Crippen LogP contribution in [0.25, 0.3) is 0 Å². The van der Waals surface area contributed by atoms with E-state index in [2.05, 4.69) is 16.7 Å². The summed E-state index contributed by atoms with van der Waals surface area (Å²) >= 11 is 0. The number of rotatable bonds is 4. The van der Waals surface area contributed by atoms with E-state index in [0.29, 0.717) is 0 Å². The Morgan fingerprint density at radius 3 is 3.25 bits per heavy atom. The lowest BCUT2D eigenvalue weighted by Gasteiger charge is -2.15. The van der Waals surface area contributed by atoms with Gasteiger partial charge in [-0.3, -0.25) is 4.79 Å². The Morgan fingerprint density at radius 1 is 1.62 bits per heavy atom. The van der Waals surface area contributed by atoms with Crippen LogP contribution in [0.3, 0.4) is 0 Å². The molecule has 0 bridgehead atoms. The first-order valence-corrected chi connectivity index (χ1v) is 6.14. The standard InChI is InChI=1S/C12H20N2O2/c15-12(11-2-1-9-16-11)14-8-5-10-3-6-13-7-4-10/h3,11,13H,1-2,4-9H2,(H,14,15). The molecule has 1 saturated heterocycles. The molecule has 4 heteroatoms. The van der Waals surface area contributed by atoms with E-state index in [9.17, 15) is 4.79 Å². The van der Waals surface area contributed by atoms with Gasteiger partial charge in [0.2, 0.25) is 5.91 Å². The van der Waals surface area contributed by atoms with Crippen molar-refractivity contribution in [2.75, 3.05) is 26.2 Å².